The molecule has 118 valence electrons. The predicted molar refractivity (Wildman–Crippen MR) is 85.0 cm³/mol. The number of rotatable bonds is 6. The van der Waals surface area contributed by atoms with Crippen LogP contribution in [0, 0.1) is 5.92 Å². The average molecular weight is 301 g/mol. The van der Waals surface area contributed by atoms with Crippen LogP contribution < -0.4 is 0 Å². The second-order valence-electron chi connectivity index (χ2n) is 5.72. The van der Waals surface area contributed by atoms with Gasteiger partial charge in [0.2, 0.25) is 5.91 Å². The third kappa shape index (κ3) is 3.63. The lowest BCUT2D eigenvalue weighted by atomic mass is 9.89. The average Bonchev–Trinajstić information content (AvgIpc) is 2.47. The fourth-order valence-electron chi connectivity index (χ4n) is 2.75. The van der Waals surface area contributed by atoms with Crippen molar-refractivity contribution in [1.82, 2.24) is 4.90 Å². The summed E-state index contributed by atoms with van der Waals surface area (Å²) >= 11 is 0. The molecule has 0 fully saturated rings. The molecule has 0 saturated heterocycles. The SMILES string of the molecule is CCOCN1C(=O)CC(=O)C(C(C)C)=C1Cc1ccccc1. The maximum Gasteiger partial charge on any atom is 0.236 e. The fraction of sp³-hybridized carbons (Fsp3) is 0.444. The summed E-state index contributed by atoms with van der Waals surface area (Å²) in [5, 5.41) is 0. The van der Waals surface area contributed by atoms with E-state index >= 15 is 0 Å². The predicted octanol–water partition coefficient (Wildman–Crippen LogP) is 2.93. The van der Waals surface area contributed by atoms with E-state index in [2.05, 4.69) is 0 Å². The highest BCUT2D eigenvalue weighted by molar-refractivity contribution is 6.10. The Hall–Kier alpha value is -1.94. The molecular formula is C18H23NO3. The van der Waals surface area contributed by atoms with Crippen molar-refractivity contribution in [3.05, 3.63) is 47.2 Å². The summed E-state index contributed by atoms with van der Waals surface area (Å²) in [4.78, 5) is 26.2. The summed E-state index contributed by atoms with van der Waals surface area (Å²) in [5.74, 6) is -0.143. The van der Waals surface area contributed by atoms with Crippen molar-refractivity contribution < 1.29 is 14.3 Å². The summed E-state index contributed by atoms with van der Waals surface area (Å²) in [6.45, 7) is 6.62. The zero-order valence-electron chi connectivity index (χ0n) is 13.5. The lowest BCUT2D eigenvalue weighted by Crippen LogP contribution is -2.41. The summed E-state index contributed by atoms with van der Waals surface area (Å²) in [7, 11) is 0. The van der Waals surface area contributed by atoms with Crippen LogP contribution in [0.3, 0.4) is 0 Å². The van der Waals surface area contributed by atoms with E-state index in [1.807, 2.05) is 51.1 Å². The molecule has 1 aliphatic heterocycles. The second kappa shape index (κ2) is 7.36. The standard InChI is InChI=1S/C18H23NO3/c1-4-22-12-19-15(10-14-8-6-5-7-9-14)18(13(2)3)16(20)11-17(19)21/h5-9,13H,4,10-12H2,1-3H3. The first-order valence-corrected chi connectivity index (χ1v) is 7.72. The molecule has 0 aromatic heterocycles. The summed E-state index contributed by atoms with van der Waals surface area (Å²) < 4.78 is 5.43. The lowest BCUT2D eigenvalue weighted by molar-refractivity contribution is -0.138. The highest BCUT2D eigenvalue weighted by Crippen LogP contribution is 2.28. The van der Waals surface area contributed by atoms with Gasteiger partial charge in [-0.2, -0.15) is 0 Å². The van der Waals surface area contributed by atoms with E-state index in [0.717, 1.165) is 16.8 Å². The molecule has 4 nitrogen and oxygen atoms in total. The van der Waals surface area contributed by atoms with E-state index in [1.165, 1.54) is 0 Å². The van der Waals surface area contributed by atoms with Crippen LogP contribution in [-0.4, -0.2) is 29.9 Å². The number of carbonyl (C=O) groups is 2. The third-order valence-corrected chi connectivity index (χ3v) is 3.77. The summed E-state index contributed by atoms with van der Waals surface area (Å²) in [6, 6.07) is 9.89. The van der Waals surface area contributed by atoms with Crippen LogP contribution in [0.1, 0.15) is 32.8 Å². The zero-order chi connectivity index (χ0) is 16.1. The van der Waals surface area contributed by atoms with Crippen molar-refractivity contribution >= 4 is 11.7 Å². The first-order chi connectivity index (χ1) is 10.5. The van der Waals surface area contributed by atoms with E-state index in [1.54, 1.807) is 4.90 Å². The molecule has 22 heavy (non-hydrogen) atoms. The molecular weight excluding hydrogens is 278 g/mol. The first-order valence-electron chi connectivity index (χ1n) is 7.72. The molecule has 0 atom stereocenters. The topological polar surface area (TPSA) is 46.6 Å². The monoisotopic (exact) mass is 301 g/mol. The van der Waals surface area contributed by atoms with Gasteiger partial charge in [-0.15, -0.1) is 0 Å². The molecule has 0 N–H and O–H groups in total. The van der Waals surface area contributed by atoms with Crippen molar-refractivity contribution in [1.29, 1.82) is 0 Å². The van der Waals surface area contributed by atoms with Gasteiger partial charge in [0, 0.05) is 24.3 Å². The smallest absolute Gasteiger partial charge is 0.236 e. The van der Waals surface area contributed by atoms with E-state index in [-0.39, 0.29) is 30.8 Å². The number of carbonyl (C=O) groups excluding carboxylic acids is 2. The van der Waals surface area contributed by atoms with Crippen LogP contribution in [0.4, 0.5) is 0 Å². The molecule has 1 aliphatic rings. The lowest BCUT2D eigenvalue weighted by Gasteiger charge is -2.32. The fourth-order valence-corrected chi connectivity index (χ4v) is 2.75. The molecule has 1 amide bonds. The zero-order valence-corrected chi connectivity index (χ0v) is 13.5. The number of nitrogens with zero attached hydrogens (tertiary/aromatic N) is 1. The van der Waals surface area contributed by atoms with Gasteiger partial charge in [-0.05, 0) is 18.4 Å². The van der Waals surface area contributed by atoms with Gasteiger partial charge in [-0.1, -0.05) is 44.2 Å². The molecule has 0 spiro atoms. The first kappa shape index (κ1) is 16.4. The van der Waals surface area contributed by atoms with Gasteiger partial charge < -0.3 is 4.74 Å². The number of ketones is 1. The van der Waals surface area contributed by atoms with Gasteiger partial charge in [0.05, 0.1) is 6.42 Å². The Morgan fingerprint density at radius 1 is 1.18 bits per heavy atom. The number of amides is 1. The summed E-state index contributed by atoms with van der Waals surface area (Å²) in [5.41, 5.74) is 2.62. The Morgan fingerprint density at radius 2 is 1.86 bits per heavy atom. The molecule has 0 radical (unpaired) electrons. The molecule has 0 unspecified atom stereocenters. The van der Waals surface area contributed by atoms with Crippen molar-refractivity contribution in [3.63, 3.8) is 0 Å². The maximum absolute atomic E-state index is 12.3. The largest absolute Gasteiger partial charge is 0.361 e. The Balaban J connectivity index is 2.42. The van der Waals surface area contributed by atoms with Gasteiger partial charge in [0.15, 0.2) is 5.78 Å². The molecule has 1 heterocycles. The number of hydrogen-bond donors (Lipinski definition) is 0. The van der Waals surface area contributed by atoms with Crippen LogP contribution in [-0.2, 0) is 20.7 Å². The molecule has 4 heteroatoms. The molecule has 1 aromatic rings. The Labute approximate surface area is 131 Å². The van der Waals surface area contributed by atoms with Gasteiger partial charge in [0.1, 0.15) is 6.73 Å². The van der Waals surface area contributed by atoms with Crippen LogP contribution in [0.25, 0.3) is 0 Å². The van der Waals surface area contributed by atoms with E-state index < -0.39 is 0 Å². The maximum atomic E-state index is 12.3. The Kier molecular flexibility index (Phi) is 5.50. The van der Waals surface area contributed by atoms with Crippen LogP contribution in [0.2, 0.25) is 0 Å². The Morgan fingerprint density at radius 3 is 2.45 bits per heavy atom. The summed E-state index contributed by atoms with van der Waals surface area (Å²) in [6.07, 6.45) is 0.512. The third-order valence-electron chi connectivity index (χ3n) is 3.77. The molecule has 0 bridgehead atoms. The van der Waals surface area contributed by atoms with Crippen molar-refractivity contribution in [3.8, 4) is 0 Å². The second-order valence-corrected chi connectivity index (χ2v) is 5.72. The highest BCUT2D eigenvalue weighted by Gasteiger charge is 2.33. The minimum atomic E-state index is -0.172. The highest BCUT2D eigenvalue weighted by atomic mass is 16.5. The van der Waals surface area contributed by atoms with Crippen molar-refractivity contribution in [2.45, 2.75) is 33.6 Å². The van der Waals surface area contributed by atoms with Gasteiger partial charge >= 0.3 is 0 Å². The number of ether oxygens (including phenoxy) is 1. The Bertz CT molecular complexity index is 575. The van der Waals surface area contributed by atoms with Gasteiger partial charge in [0.25, 0.3) is 0 Å². The van der Waals surface area contributed by atoms with Crippen LogP contribution in [0.15, 0.2) is 41.6 Å². The number of Topliss-reactive ketones (excluding diaryl/α,β-unsaturated/α-hetero) is 1. The van der Waals surface area contributed by atoms with E-state index in [9.17, 15) is 9.59 Å². The molecule has 1 aromatic carbocycles. The normalized spacial score (nSPS) is 15.9. The van der Waals surface area contributed by atoms with Crippen molar-refractivity contribution in [2.75, 3.05) is 13.3 Å². The minimum Gasteiger partial charge on any atom is -0.361 e. The molecule has 0 aliphatic carbocycles. The van der Waals surface area contributed by atoms with Crippen LogP contribution >= 0.6 is 0 Å². The van der Waals surface area contributed by atoms with Crippen molar-refractivity contribution in [2.24, 2.45) is 5.92 Å². The van der Waals surface area contributed by atoms with Gasteiger partial charge in [-0.25, -0.2) is 0 Å². The molecule has 2 rings (SSSR count). The van der Waals surface area contributed by atoms with Crippen LogP contribution in [0.5, 0.6) is 0 Å². The number of benzene rings is 1. The quantitative estimate of drug-likeness (QED) is 0.759. The number of allylic oxidation sites excluding steroid dienone is 2. The number of hydrogen-bond acceptors (Lipinski definition) is 3. The molecule has 0 saturated carbocycles. The van der Waals surface area contributed by atoms with E-state index in [4.69, 9.17) is 4.74 Å². The van der Waals surface area contributed by atoms with Gasteiger partial charge in [-0.3, -0.25) is 14.5 Å². The minimum absolute atomic E-state index is 0.0567. The van der Waals surface area contributed by atoms with E-state index in [0.29, 0.717) is 13.0 Å².